The smallest absolute Gasteiger partial charge is 0.272 e. The Balaban J connectivity index is 1.45. The molecule has 0 radical (unpaired) electrons. The van der Waals surface area contributed by atoms with Crippen LogP contribution in [0.5, 0.6) is 5.75 Å². The summed E-state index contributed by atoms with van der Waals surface area (Å²) in [6.45, 7) is 5.89. The van der Waals surface area contributed by atoms with E-state index in [9.17, 15) is 14.4 Å². The van der Waals surface area contributed by atoms with Gasteiger partial charge in [0.25, 0.3) is 11.8 Å². The van der Waals surface area contributed by atoms with E-state index in [0.717, 1.165) is 16.1 Å². The summed E-state index contributed by atoms with van der Waals surface area (Å²) in [5, 5.41) is 8.22. The molecule has 0 spiro atoms. The second kappa shape index (κ2) is 14.2. The lowest BCUT2D eigenvalue weighted by atomic mass is 10.1. The van der Waals surface area contributed by atoms with E-state index in [1.165, 1.54) is 17.3 Å². The average molecular weight is 580 g/mol. The van der Waals surface area contributed by atoms with Crippen LogP contribution in [-0.2, 0) is 9.59 Å². The monoisotopic (exact) mass is 579 g/mol. The Morgan fingerprint density at radius 2 is 1.45 bits per heavy atom. The van der Waals surface area contributed by atoms with Crippen LogP contribution in [-0.4, -0.2) is 30.1 Å². The zero-order valence-corrected chi connectivity index (χ0v) is 24.8. The van der Waals surface area contributed by atoms with Gasteiger partial charge < -0.3 is 20.7 Å². The summed E-state index contributed by atoms with van der Waals surface area (Å²) in [6, 6.07) is 28.9. The first-order valence-electron chi connectivity index (χ1n) is 13.4. The van der Waals surface area contributed by atoms with Gasteiger partial charge in [-0.1, -0.05) is 42.5 Å². The summed E-state index contributed by atoms with van der Waals surface area (Å²) < 4.78 is 5.42. The number of benzene rings is 4. The number of methoxy groups -OCH3 is 1. The quantitative estimate of drug-likeness (QED) is 0.141. The zero-order valence-electron chi connectivity index (χ0n) is 23.9. The number of amides is 3. The third kappa shape index (κ3) is 8.11. The molecule has 0 aliphatic rings. The molecule has 4 rings (SSSR count). The predicted octanol–water partition coefficient (Wildman–Crippen LogP) is 6.84. The molecule has 1 atom stereocenters. The molecule has 214 valence electrons. The van der Waals surface area contributed by atoms with Crippen LogP contribution in [0.4, 0.5) is 11.4 Å². The highest BCUT2D eigenvalue weighted by atomic mass is 32.2. The van der Waals surface area contributed by atoms with Gasteiger partial charge in [-0.2, -0.15) is 0 Å². The van der Waals surface area contributed by atoms with Crippen LogP contribution in [0.3, 0.4) is 0 Å². The zero-order chi connectivity index (χ0) is 30.1. The predicted molar refractivity (Wildman–Crippen MR) is 170 cm³/mol. The first kappa shape index (κ1) is 30.1. The van der Waals surface area contributed by atoms with Crippen LogP contribution in [0.2, 0.25) is 0 Å². The van der Waals surface area contributed by atoms with Crippen molar-refractivity contribution in [2.45, 2.75) is 30.9 Å². The molecule has 3 amide bonds. The summed E-state index contributed by atoms with van der Waals surface area (Å²) in [4.78, 5) is 39.9. The van der Waals surface area contributed by atoms with Gasteiger partial charge in [-0.3, -0.25) is 14.4 Å². The maximum atomic E-state index is 13.4. The second-order valence-corrected chi connectivity index (χ2v) is 11.1. The summed E-state index contributed by atoms with van der Waals surface area (Å²) in [7, 11) is 1.54. The summed E-state index contributed by atoms with van der Waals surface area (Å²) in [5.41, 5.74) is 4.71. The molecule has 42 heavy (non-hydrogen) atoms. The lowest BCUT2D eigenvalue weighted by Crippen LogP contribution is -2.30. The number of rotatable bonds is 10. The van der Waals surface area contributed by atoms with E-state index in [4.69, 9.17) is 4.74 Å². The van der Waals surface area contributed by atoms with Gasteiger partial charge in [0.1, 0.15) is 11.4 Å². The molecule has 0 bridgehead atoms. The van der Waals surface area contributed by atoms with Gasteiger partial charge in [-0.15, -0.1) is 11.8 Å². The van der Waals surface area contributed by atoms with E-state index in [1.54, 1.807) is 61.7 Å². The minimum Gasteiger partial charge on any atom is -0.496 e. The number of para-hydroxylation sites is 1. The van der Waals surface area contributed by atoms with Gasteiger partial charge in [-0.25, -0.2) is 0 Å². The molecular weight excluding hydrogens is 546 g/mol. The Morgan fingerprint density at radius 1 is 0.786 bits per heavy atom. The molecule has 0 heterocycles. The molecule has 0 saturated heterocycles. The lowest BCUT2D eigenvalue weighted by Gasteiger charge is -2.14. The normalized spacial score (nSPS) is 11.8. The van der Waals surface area contributed by atoms with Crippen LogP contribution in [0.15, 0.2) is 108 Å². The van der Waals surface area contributed by atoms with Gasteiger partial charge in [0.2, 0.25) is 5.91 Å². The van der Waals surface area contributed by atoms with Crippen molar-refractivity contribution in [1.82, 2.24) is 5.32 Å². The number of aryl methyl sites for hydroxylation is 2. The number of hydrogen-bond acceptors (Lipinski definition) is 5. The molecule has 0 saturated carbocycles. The van der Waals surface area contributed by atoms with E-state index >= 15 is 0 Å². The van der Waals surface area contributed by atoms with Crippen LogP contribution < -0.4 is 20.7 Å². The largest absolute Gasteiger partial charge is 0.496 e. The fourth-order valence-electron chi connectivity index (χ4n) is 4.02. The third-order valence-corrected chi connectivity index (χ3v) is 7.65. The maximum Gasteiger partial charge on any atom is 0.272 e. The van der Waals surface area contributed by atoms with Gasteiger partial charge in [0.15, 0.2) is 0 Å². The first-order chi connectivity index (χ1) is 20.2. The van der Waals surface area contributed by atoms with Gasteiger partial charge in [-0.05, 0) is 92.6 Å². The lowest BCUT2D eigenvalue weighted by molar-refractivity contribution is -0.115. The van der Waals surface area contributed by atoms with Crippen LogP contribution >= 0.6 is 11.8 Å². The summed E-state index contributed by atoms with van der Waals surface area (Å²) >= 11 is 1.42. The summed E-state index contributed by atoms with van der Waals surface area (Å²) in [5.74, 6) is -0.437. The molecule has 0 aliphatic heterocycles. The van der Waals surface area contributed by atoms with Crippen LogP contribution in [0.1, 0.15) is 34.0 Å². The van der Waals surface area contributed by atoms with Crippen molar-refractivity contribution in [1.29, 1.82) is 0 Å². The molecule has 7 nitrogen and oxygen atoms in total. The van der Waals surface area contributed by atoms with Crippen molar-refractivity contribution in [3.05, 3.63) is 125 Å². The Bertz CT molecular complexity index is 1600. The number of ether oxygens (including phenoxy) is 1. The van der Waals surface area contributed by atoms with E-state index in [2.05, 4.69) is 16.0 Å². The Hall–Kier alpha value is -4.82. The highest BCUT2D eigenvalue weighted by Gasteiger charge is 2.17. The number of carbonyl (C=O) groups excluding carboxylic acids is 3. The molecular formula is C34H33N3O4S. The summed E-state index contributed by atoms with van der Waals surface area (Å²) in [6.07, 6.45) is 1.58. The van der Waals surface area contributed by atoms with Gasteiger partial charge >= 0.3 is 0 Å². The van der Waals surface area contributed by atoms with Crippen molar-refractivity contribution in [3.63, 3.8) is 0 Å². The van der Waals surface area contributed by atoms with Crippen molar-refractivity contribution in [2.24, 2.45) is 0 Å². The average Bonchev–Trinajstić information content (AvgIpc) is 3.00. The molecule has 0 aliphatic carbocycles. The third-order valence-electron chi connectivity index (χ3n) is 6.54. The second-order valence-electron chi connectivity index (χ2n) is 9.65. The standard InChI is InChI=1S/C34H33N3O4S/c1-22-14-15-28(20-23(22)2)36-32(38)24(3)42-29-18-16-27(17-19-29)35-34(40)30(21-26-12-8-9-13-31(26)41-4)37-33(39)25-10-6-5-7-11-25/h5-21,24H,1-4H3,(H,35,40)(H,36,38)(H,37,39)/b30-21-. The molecule has 0 aromatic heterocycles. The van der Waals surface area contributed by atoms with Gasteiger partial charge in [0.05, 0.1) is 12.4 Å². The fourth-order valence-corrected chi connectivity index (χ4v) is 4.89. The Kier molecular flexibility index (Phi) is 10.2. The first-order valence-corrected chi connectivity index (χ1v) is 14.3. The van der Waals surface area contributed by atoms with Crippen molar-refractivity contribution in [3.8, 4) is 5.75 Å². The minimum atomic E-state index is -0.494. The number of carbonyl (C=O) groups is 3. The highest BCUT2D eigenvalue weighted by Crippen LogP contribution is 2.26. The van der Waals surface area contributed by atoms with E-state index in [0.29, 0.717) is 22.6 Å². The van der Waals surface area contributed by atoms with Crippen LogP contribution in [0.25, 0.3) is 6.08 Å². The maximum absolute atomic E-state index is 13.4. The molecule has 4 aromatic rings. The molecule has 4 aromatic carbocycles. The molecule has 8 heteroatoms. The topological polar surface area (TPSA) is 96.5 Å². The van der Waals surface area contributed by atoms with E-state index in [1.807, 2.05) is 69.3 Å². The molecule has 3 N–H and O–H groups in total. The fraction of sp³-hybridized carbons (Fsp3) is 0.147. The van der Waals surface area contributed by atoms with Crippen molar-refractivity contribution in [2.75, 3.05) is 17.7 Å². The number of nitrogens with one attached hydrogen (secondary N) is 3. The molecule has 0 fully saturated rings. The number of thioether (sulfide) groups is 1. The number of hydrogen-bond donors (Lipinski definition) is 3. The van der Waals surface area contributed by atoms with E-state index in [-0.39, 0.29) is 16.9 Å². The Morgan fingerprint density at radius 3 is 2.14 bits per heavy atom. The number of anilines is 2. The SMILES string of the molecule is COc1ccccc1/C=C(\NC(=O)c1ccccc1)C(=O)Nc1ccc(SC(C)C(=O)Nc2ccc(C)c(C)c2)cc1. The minimum absolute atomic E-state index is 0.0587. The van der Waals surface area contributed by atoms with Crippen LogP contribution in [0, 0.1) is 13.8 Å². The highest BCUT2D eigenvalue weighted by molar-refractivity contribution is 8.00. The molecule has 1 unspecified atom stereocenters. The Labute approximate surface area is 250 Å². The van der Waals surface area contributed by atoms with E-state index < -0.39 is 11.8 Å². The van der Waals surface area contributed by atoms with Crippen molar-refractivity contribution < 1.29 is 19.1 Å². The van der Waals surface area contributed by atoms with Crippen molar-refractivity contribution >= 4 is 46.9 Å². The van der Waals surface area contributed by atoms with Gasteiger partial charge in [0, 0.05) is 27.4 Å².